The second kappa shape index (κ2) is 12.8. The van der Waals surface area contributed by atoms with E-state index in [1.165, 1.54) is 0 Å². The van der Waals surface area contributed by atoms with Crippen LogP contribution in [0.1, 0.15) is 80.6 Å². The van der Waals surface area contributed by atoms with Gasteiger partial charge >= 0.3 is 6.03 Å². The zero-order chi connectivity index (χ0) is 22.8. The molecule has 0 saturated carbocycles. The van der Waals surface area contributed by atoms with Gasteiger partial charge < -0.3 is 20.4 Å². The number of amides is 4. The first-order valence-corrected chi connectivity index (χ1v) is 11.8. The first-order valence-electron chi connectivity index (χ1n) is 11.8. The first-order chi connectivity index (χ1) is 14.2. The number of unbranched alkanes of at least 4 members (excludes halogenated alkanes) is 1. The van der Waals surface area contributed by atoms with E-state index in [0.717, 1.165) is 32.1 Å². The molecule has 7 nitrogen and oxygen atoms in total. The quantitative estimate of drug-likeness (QED) is 0.564. The predicted octanol–water partition coefficient (Wildman–Crippen LogP) is 3.38. The topological polar surface area (TPSA) is 81.8 Å². The largest absolute Gasteiger partial charge is 0.344 e. The second-order valence-electron chi connectivity index (χ2n) is 9.05. The van der Waals surface area contributed by atoms with Gasteiger partial charge in [0.15, 0.2) is 0 Å². The van der Waals surface area contributed by atoms with Crippen molar-refractivity contribution in [3.05, 3.63) is 0 Å². The molecule has 4 unspecified atom stereocenters. The molecule has 1 aliphatic rings. The van der Waals surface area contributed by atoms with E-state index < -0.39 is 6.04 Å². The third kappa shape index (κ3) is 7.47. The lowest BCUT2D eigenvalue weighted by Gasteiger charge is -2.42. The molecule has 1 aliphatic heterocycles. The minimum atomic E-state index is -0.513. The highest BCUT2D eigenvalue weighted by Crippen LogP contribution is 2.18. The second-order valence-corrected chi connectivity index (χ2v) is 9.05. The van der Waals surface area contributed by atoms with Crippen molar-refractivity contribution in [3.8, 4) is 0 Å². The van der Waals surface area contributed by atoms with Crippen LogP contribution < -0.4 is 10.6 Å². The van der Waals surface area contributed by atoms with Crippen molar-refractivity contribution in [2.75, 3.05) is 19.6 Å². The lowest BCUT2D eigenvalue weighted by molar-refractivity contribution is -0.140. The number of carbonyl (C=O) groups excluding carboxylic acids is 3. The van der Waals surface area contributed by atoms with Crippen molar-refractivity contribution in [2.24, 2.45) is 11.8 Å². The van der Waals surface area contributed by atoms with Crippen LogP contribution in [-0.2, 0) is 9.59 Å². The van der Waals surface area contributed by atoms with E-state index in [9.17, 15) is 14.4 Å². The van der Waals surface area contributed by atoms with Crippen molar-refractivity contribution in [1.29, 1.82) is 0 Å². The van der Waals surface area contributed by atoms with E-state index in [2.05, 4.69) is 17.6 Å². The summed E-state index contributed by atoms with van der Waals surface area (Å²) in [6, 6.07) is -0.587. The number of nitrogens with one attached hydrogen (secondary N) is 2. The maximum atomic E-state index is 13.4. The highest BCUT2D eigenvalue weighted by molar-refractivity contribution is 5.89. The average molecular weight is 425 g/mol. The molecule has 1 rings (SSSR count). The molecule has 30 heavy (non-hydrogen) atoms. The van der Waals surface area contributed by atoms with Crippen LogP contribution in [0.4, 0.5) is 4.79 Å². The maximum Gasteiger partial charge on any atom is 0.317 e. The fourth-order valence-corrected chi connectivity index (χ4v) is 3.91. The molecule has 7 heteroatoms. The molecule has 1 fully saturated rings. The maximum absolute atomic E-state index is 13.4. The minimum absolute atomic E-state index is 0.00686. The Hall–Kier alpha value is -1.79. The van der Waals surface area contributed by atoms with Gasteiger partial charge in [-0.3, -0.25) is 9.59 Å². The third-order valence-corrected chi connectivity index (χ3v) is 6.16. The van der Waals surface area contributed by atoms with Gasteiger partial charge in [0.05, 0.1) is 0 Å². The summed E-state index contributed by atoms with van der Waals surface area (Å²) in [4.78, 5) is 42.2. The number of urea groups is 1. The van der Waals surface area contributed by atoms with Gasteiger partial charge in [-0.15, -0.1) is 0 Å². The highest BCUT2D eigenvalue weighted by Gasteiger charge is 2.36. The van der Waals surface area contributed by atoms with Gasteiger partial charge in [-0.2, -0.15) is 0 Å². The van der Waals surface area contributed by atoms with Gasteiger partial charge in [0.1, 0.15) is 6.04 Å². The van der Waals surface area contributed by atoms with E-state index >= 15 is 0 Å². The van der Waals surface area contributed by atoms with Crippen molar-refractivity contribution in [3.63, 3.8) is 0 Å². The summed E-state index contributed by atoms with van der Waals surface area (Å²) >= 11 is 0. The Labute approximate surface area is 183 Å². The van der Waals surface area contributed by atoms with Gasteiger partial charge in [0.2, 0.25) is 11.8 Å². The van der Waals surface area contributed by atoms with Gasteiger partial charge in [0, 0.05) is 37.6 Å². The summed E-state index contributed by atoms with van der Waals surface area (Å²) in [6.07, 6.45) is 4.54. The number of piperazine rings is 1. The van der Waals surface area contributed by atoms with Crippen LogP contribution in [0.3, 0.4) is 0 Å². The van der Waals surface area contributed by atoms with Gasteiger partial charge in [0.25, 0.3) is 0 Å². The van der Waals surface area contributed by atoms with Crippen molar-refractivity contribution in [2.45, 2.75) is 98.7 Å². The summed E-state index contributed by atoms with van der Waals surface area (Å²) < 4.78 is 0. The van der Waals surface area contributed by atoms with Crippen LogP contribution in [0.15, 0.2) is 0 Å². The number of nitrogens with zero attached hydrogens (tertiary/aromatic N) is 2. The molecule has 1 heterocycles. The Bertz CT molecular complexity index is 567. The third-order valence-electron chi connectivity index (χ3n) is 6.16. The van der Waals surface area contributed by atoms with E-state index in [-0.39, 0.29) is 41.8 Å². The monoisotopic (exact) mass is 424 g/mol. The molecular formula is C23H44N4O3. The van der Waals surface area contributed by atoms with Gasteiger partial charge in [-0.25, -0.2) is 4.79 Å². The molecule has 0 aliphatic carbocycles. The average Bonchev–Trinajstić information content (AvgIpc) is 2.70. The van der Waals surface area contributed by atoms with Crippen molar-refractivity contribution >= 4 is 17.8 Å². The van der Waals surface area contributed by atoms with Crippen molar-refractivity contribution in [1.82, 2.24) is 20.4 Å². The Morgan fingerprint density at radius 1 is 1.00 bits per heavy atom. The van der Waals surface area contributed by atoms with E-state index in [1.807, 2.05) is 46.4 Å². The number of hydrogen-bond donors (Lipinski definition) is 2. The summed E-state index contributed by atoms with van der Waals surface area (Å²) in [6.45, 7) is 15.5. The summed E-state index contributed by atoms with van der Waals surface area (Å²) in [5, 5.41) is 6.00. The van der Waals surface area contributed by atoms with Gasteiger partial charge in [-0.05, 0) is 39.5 Å². The Balaban J connectivity index is 2.82. The lowest BCUT2D eigenvalue weighted by Crippen LogP contribution is -2.61. The molecule has 174 valence electrons. The molecule has 4 atom stereocenters. The molecule has 0 aromatic rings. The molecule has 4 amide bonds. The van der Waals surface area contributed by atoms with Crippen LogP contribution >= 0.6 is 0 Å². The Kier molecular flexibility index (Phi) is 11.2. The number of carbonyl (C=O) groups is 3. The zero-order valence-electron chi connectivity index (χ0n) is 20.2. The molecule has 0 spiro atoms. The fraction of sp³-hybridized carbons (Fsp3) is 0.870. The summed E-state index contributed by atoms with van der Waals surface area (Å²) in [7, 11) is 0. The van der Waals surface area contributed by atoms with Crippen LogP contribution in [0.2, 0.25) is 0 Å². The number of rotatable bonds is 10. The zero-order valence-corrected chi connectivity index (χ0v) is 20.2. The smallest absolute Gasteiger partial charge is 0.317 e. The number of hydrogen-bond acceptors (Lipinski definition) is 3. The van der Waals surface area contributed by atoms with Crippen LogP contribution in [0.25, 0.3) is 0 Å². The molecule has 0 radical (unpaired) electrons. The summed E-state index contributed by atoms with van der Waals surface area (Å²) in [5.41, 5.74) is 0. The van der Waals surface area contributed by atoms with E-state index in [0.29, 0.717) is 19.6 Å². The molecule has 0 aromatic carbocycles. The molecule has 1 saturated heterocycles. The van der Waals surface area contributed by atoms with Crippen molar-refractivity contribution < 1.29 is 14.4 Å². The SMILES string of the molecule is CCCCC(CC)C(=O)NC(C(=O)N1CCN(C(=O)NC(C)C)C(C)C1)C(C)CC. The van der Waals surface area contributed by atoms with Crippen LogP contribution in [0, 0.1) is 11.8 Å². The Morgan fingerprint density at radius 3 is 2.17 bits per heavy atom. The van der Waals surface area contributed by atoms with E-state index in [4.69, 9.17) is 0 Å². The molecule has 0 aromatic heterocycles. The first kappa shape index (κ1) is 26.2. The minimum Gasteiger partial charge on any atom is -0.344 e. The fourth-order valence-electron chi connectivity index (χ4n) is 3.91. The standard InChI is InChI=1S/C23H44N4O3/c1-8-11-12-19(10-3)21(28)25-20(17(6)9-2)22(29)26-13-14-27(18(7)15-26)23(30)24-16(4)5/h16-20H,8-15H2,1-7H3,(H,24,30)(H,25,28). The van der Waals surface area contributed by atoms with E-state index in [1.54, 1.807) is 4.90 Å². The normalized spacial score (nSPS) is 19.9. The van der Waals surface area contributed by atoms with Gasteiger partial charge in [-0.1, -0.05) is 47.0 Å². The highest BCUT2D eigenvalue weighted by atomic mass is 16.2. The molecular weight excluding hydrogens is 380 g/mol. The molecule has 2 N–H and O–H groups in total. The predicted molar refractivity (Wildman–Crippen MR) is 121 cm³/mol. The lowest BCUT2D eigenvalue weighted by atomic mass is 9.94. The van der Waals surface area contributed by atoms with Crippen LogP contribution in [0.5, 0.6) is 0 Å². The Morgan fingerprint density at radius 2 is 1.67 bits per heavy atom. The molecule has 0 bridgehead atoms. The summed E-state index contributed by atoms with van der Waals surface area (Å²) in [5.74, 6) is -0.0195. The van der Waals surface area contributed by atoms with Crippen LogP contribution in [-0.4, -0.2) is 65.4 Å².